The minimum Gasteiger partial charge on any atom is -0.301 e. The first kappa shape index (κ1) is 15.4. The van der Waals surface area contributed by atoms with E-state index < -0.39 is 0 Å². The molecule has 2 heterocycles. The van der Waals surface area contributed by atoms with E-state index in [2.05, 4.69) is 15.9 Å². The molecule has 0 unspecified atom stereocenters. The summed E-state index contributed by atoms with van der Waals surface area (Å²) in [5.41, 5.74) is 10.0. The smallest absolute Gasteiger partial charge is 0.148 e. The molecule has 5 heteroatoms. The van der Waals surface area contributed by atoms with E-state index in [9.17, 15) is 4.39 Å². The van der Waals surface area contributed by atoms with Crippen molar-refractivity contribution in [3.05, 3.63) is 90.0 Å². The molecule has 3 aromatic rings. The van der Waals surface area contributed by atoms with Crippen LogP contribution < -0.4 is 16.0 Å². The highest BCUT2D eigenvalue weighted by atomic mass is 19.1. The van der Waals surface area contributed by atoms with E-state index in [-0.39, 0.29) is 5.82 Å². The van der Waals surface area contributed by atoms with Crippen LogP contribution in [0.1, 0.15) is 11.3 Å². The first-order chi connectivity index (χ1) is 12.2. The van der Waals surface area contributed by atoms with Crippen LogP contribution in [0.3, 0.4) is 0 Å². The van der Waals surface area contributed by atoms with Crippen LogP contribution in [0.15, 0.2) is 72.9 Å². The Balaban J connectivity index is 1.62. The second kappa shape index (κ2) is 6.37. The number of pyridine rings is 1. The highest BCUT2D eigenvalue weighted by molar-refractivity contribution is 5.72. The predicted molar refractivity (Wildman–Crippen MR) is 97.5 cm³/mol. The maximum Gasteiger partial charge on any atom is 0.148 e. The van der Waals surface area contributed by atoms with Gasteiger partial charge >= 0.3 is 0 Å². The normalized spacial score (nSPS) is 13.5. The quantitative estimate of drug-likeness (QED) is 0.760. The number of aromatic nitrogens is 1. The number of halogens is 1. The number of hydrazine groups is 2. The summed E-state index contributed by atoms with van der Waals surface area (Å²) in [6, 6.07) is 20.6. The molecule has 0 radical (unpaired) electrons. The lowest BCUT2D eigenvalue weighted by atomic mass is 10.0. The fourth-order valence-electron chi connectivity index (χ4n) is 2.78. The molecule has 2 N–H and O–H groups in total. The van der Waals surface area contributed by atoms with Crippen LogP contribution >= 0.6 is 0 Å². The second-order valence-electron chi connectivity index (χ2n) is 5.85. The summed E-state index contributed by atoms with van der Waals surface area (Å²) in [6.07, 6.45) is 1.86. The summed E-state index contributed by atoms with van der Waals surface area (Å²) in [5, 5.41) is 1.77. The first-order valence-electron chi connectivity index (χ1n) is 8.02. The van der Waals surface area contributed by atoms with Crippen molar-refractivity contribution in [1.82, 2.24) is 15.9 Å². The van der Waals surface area contributed by atoms with Crippen molar-refractivity contribution in [2.75, 3.05) is 5.01 Å². The van der Waals surface area contributed by atoms with Gasteiger partial charge in [-0.25, -0.2) is 14.4 Å². The molecule has 0 fully saturated rings. The summed E-state index contributed by atoms with van der Waals surface area (Å²) < 4.78 is 14.6. The minimum absolute atomic E-state index is 0.251. The molecule has 124 valence electrons. The summed E-state index contributed by atoms with van der Waals surface area (Å²) in [4.78, 5) is 4.46. The molecule has 1 aromatic heterocycles. The zero-order valence-electron chi connectivity index (χ0n) is 13.7. The van der Waals surface area contributed by atoms with Gasteiger partial charge in [0.2, 0.25) is 0 Å². The molecule has 4 rings (SSSR count). The molecular formula is C20H17FN4. The third kappa shape index (κ3) is 3.09. The highest BCUT2D eigenvalue weighted by Gasteiger charge is 2.16. The van der Waals surface area contributed by atoms with Gasteiger partial charge in [-0.05, 0) is 30.7 Å². The van der Waals surface area contributed by atoms with Gasteiger partial charge in [-0.3, -0.25) is 0 Å². The Hall–Kier alpha value is -3.18. The van der Waals surface area contributed by atoms with Crippen LogP contribution in [-0.4, -0.2) is 4.98 Å². The van der Waals surface area contributed by atoms with E-state index >= 15 is 0 Å². The molecule has 1 aliphatic rings. The van der Waals surface area contributed by atoms with Gasteiger partial charge in [-0.2, -0.15) is 0 Å². The number of nitrogens with zero attached hydrogens (tertiary/aromatic N) is 2. The van der Waals surface area contributed by atoms with Crippen LogP contribution in [0.4, 0.5) is 10.2 Å². The number of hydrogen-bond acceptors (Lipinski definition) is 4. The van der Waals surface area contributed by atoms with E-state index in [0.29, 0.717) is 5.56 Å². The van der Waals surface area contributed by atoms with Crippen molar-refractivity contribution < 1.29 is 4.39 Å². The summed E-state index contributed by atoms with van der Waals surface area (Å²) in [7, 11) is 0. The molecule has 0 spiro atoms. The average molecular weight is 332 g/mol. The molecule has 0 saturated heterocycles. The Morgan fingerprint density at radius 3 is 2.52 bits per heavy atom. The number of benzene rings is 2. The standard InChI is InChI=1S/C20H17FN4/c1-14-6-5-9-20(22-14)25-13-19(23-24-25)16-10-11-17(18(21)12-16)15-7-3-2-4-8-15/h2-13,23-24H,1H3. The Labute approximate surface area is 145 Å². The minimum atomic E-state index is -0.251. The number of rotatable bonds is 3. The van der Waals surface area contributed by atoms with Crippen molar-refractivity contribution >= 4 is 11.5 Å². The Kier molecular flexibility index (Phi) is 3.91. The zero-order chi connectivity index (χ0) is 17.2. The molecule has 0 bridgehead atoms. The second-order valence-corrected chi connectivity index (χ2v) is 5.85. The van der Waals surface area contributed by atoms with Crippen LogP contribution in [0.25, 0.3) is 16.8 Å². The topological polar surface area (TPSA) is 40.2 Å². The molecule has 25 heavy (non-hydrogen) atoms. The van der Waals surface area contributed by atoms with Crippen molar-refractivity contribution in [2.24, 2.45) is 0 Å². The van der Waals surface area contributed by atoms with Gasteiger partial charge in [0, 0.05) is 16.8 Å². The number of anilines is 1. The van der Waals surface area contributed by atoms with Gasteiger partial charge in [-0.15, -0.1) is 5.53 Å². The molecule has 0 amide bonds. The summed E-state index contributed by atoms with van der Waals surface area (Å²) in [6.45, 7) is 1.94. The van der Waals surface area contributed by atoms with Gasteiger partial charge in [0.1, 0.15) is 11.6 Å². The van der Waals surface area contributed by atoms with Gasteiger partial charge in [0.05, 0.1) is 11.9 Å². The van der Waals surface area contributed by atoms with Gasteiger partial charge < -0.3 is 5.43 Å². The third-order valence-electron chi connectivity index (χ3n) is 4.05. The number of hydrogen-bond donors (Lipinski definition) is 2. The molecule has 0 atom stereocenters. The Morgan fingerprint density at radius 1 is 0.920 bits per heavy atom. The van der Waals surface area contributed by atoms with Crippen molar-refractivity contribution in [3.8, 4) is 11.1 Å². The van der Waals surface area contributed by atoms with Gasteiger partial charge in [-0.1, -0.05) is 48.5 Å². The number of nitrogens with one attached hydrogen (secondary N) is 2. The number of aryl methyl sites for hydroxylation is 1. The van der Waals surface area contributed by atoms with E-state index in [1.54, 1.807) is 11.1 Å². The van der Waals surface area contributed by atoms with E-state index in [4.69, 9.17) is 0 Å². The van der Waals surface area contributed by atoms with Gasteiger partial charge in [0.15, 0.2) is 0 Å². The fourth-order valence-corrected chi connectivity index (χ4v) is 2.78. The van der Waals surface area contributed by atoms with Crippen LogP contribution in [-0.2, 0) is 0 Å². The maximum absolute atomic E-state index is 14.6. The maximum atomic E-state index is 14.6. The van der Waals surface area contributed by atoms with E-state index in [1.807, 2.05) is 67.7 Å². The molecule has 0 aliphatic carbocycles. The van der Waals surface area contributed by atoms with Gasteiger partial charge in [0.25, 0.3) is 0 Å². The Bertz CT molecular complexity index is 937. The SMILES string of the molecule is Cc1cccc(N2C=C(c3ccc(-c4ccccc4)c(F)c3)NN2)n1. The fraction of sp³-hybridized carbons (Fsp3) is 0.0500. The zero-order valence-corrected chi connectivity index (χ0v) is 13.7. The lowest BCUT2D eigenvalue weighted by Gasteiger charge is -2.13. The lowest BCUT2D eigenvalue weighted by Crippen LogP contribution is -2.36. The summed E-state index contributed by atoms with van der Waals surface area (Å²) in [5.74, 6) is 0.516. The molecule has 4 nitrogen and oxygen atoms in total. The predicted octanol–water partition coefficient (Wildman–Crippen LogP) is 4.02. The van der Waals surface area contributed by atoms with Crippen LogP contribution in [0.2, 0.25) is 0 Å². The first-order valence-corrected chi connectivity index (χ1v) is 8.02. The third-order valence-corrected chi connectivity index (χ3v) is 4.05. The van der Waals surface area contributed by atoms with E-state index in [0.717, 1.165) is 28.3 Å². The van der Waals surface area contributed by atoms with Crippen molar-refractivity contribution in [3.63, 3.8) is 0 Å². The molecule has 2 aromatic carbocycles. The van der Waals surface area contributed by atoms with Crippen molar-refractivity contribution in [2.45, 2.75) is 6.92 Å². The largest absolute Gasteiger partial charge is 0.301 e. The average Bonchev–Trinajstić information content (AvgIpc) is 3.12. The highest BCUT2D eigenvalue weighted by Crippen LogP contribution is 2.26. The molecular weight excluding hydrogens is 315 g/mol. The Morgan fingerprint density at radius 2 is 1.76 bits per heavy atom. The van der Waals surface area contributed by atoms with Crippen molar-refractivity contribution in [1.29, 1.82) is 0 Å². The van der Waals surface area contributed by atoms with Crippen LogP contribution in [0, 0.1) is 12.7 Å². The lowest BCUT2D eigenvalue weighted by molar-refractivity contribution is 0.630. The molecule has 0 saturated carbocycles. The monoisotopic (exact) mass is 332 g/mol. The van der Waals surface area contributed by atoms with Crippen LogP contribution in [0.5, 0.6) is 0 Å². The summed E-state index contributed by atoms with van der Waals surface area (Å²) >= 11 is 0. The van der Waals surface area contributed by atoms with E-state index in [1.165, 1.54) is 6.07 Å². The molecule has 1 aliphatic heterocycles.